The zero-order valence-corrected chi connectivity index (χ0v) is 13.6. The van der Waals surface area contributed by atoms with Crippen LogP contribution in [0.4, 0.5) is 4.79 Å². The maximum absolute atomic E-state index is 12.6. The van der Waals surface area contributed by atoms with Gasteiger partial charge in [-0.1, -0.05) is 51.1 Å². The van der Waals surface area contributed by atoms with E-state index in [2.05, 4.69) is 5.32 Å². The summed E-state index contributed by atoms with van der Waals surface area (Å²) >= 11 is 0. The van der Waals surface area contributed by atoms with Gasteiger partial charge in [0, 0.05) is 6.42 Å². The highest BCUT2D eigenvalue weighted by molar-refractivity contribution is 6.07. The minimum atomic E-state index is -0.948. The van der Waals surface area contributed by atoms with Gasteiger partial charge in [-0.25, -0.2) is 4.79 Å². The van der Waals surface area contributed by atoms with E-state index in [0.29, 0.717) is 6.42 Å². The average Bonchev–Trinajstić information content (AvgIpc) is 2.64. The monoisotopic (exact) mass is 304 g/mol. The fourth-order valence-electron chi connectivity index (χ4n) is 2.53. The van der Waals surface area contributed by atoms with Gasteiger partial charge in [-0.2, -0.15) is 0 Å². The second kappa shape index (κ2) is 5.72. The van der Waals surface area contributed by atoms with E-state index in [-0.39, 0.29) is 12.5 Å². The molecule has 0 bridgehead atoms. The first kappa shape index (κ1) is 16.5. The lowest BCUT2D eigenvalue weighted by Crippen LogP contribution is -2.54. The normalized spacial score (nSPS) is 23.6. The standard InChI is InChI=1S/C17H24N2O3/c1-16(2,3)17(4)14(21)19(15(22)18-17)11-13(20)10-12-8-6-5-7-9-12/h5-9,13,20H,10-11H2,1-4H3,(H,18,22). The van der Waals surface area contributed by atoms with Gasteiger partial charge in [-0.05, 0) is 17.9 Å². The van der Waals surface area contributed by atoms with E-state index in [0.717, 1.165) is 10.5 Å². The highest BCUT2D eigenvalue weighted by Crippen LogP contribution is 2.35. The van der Waals surface area contributed by atoms with Crippen LogP contribution in [0.15, 0.2) is 30.3 Å². The Labute approximate surface area is 131 Å². The quantitative estimate of drug-likeness (QED) is 0.835. The summed E-state index contributed by atoms with van der Waals surface area (Å²) in [7, 11) is 0. The van der Waals surface area contributed by atoms with Crippen molar-refractivity contribution in [1.82, 2.24) is 10.2 Å². The lowest BCUT2D eigenvalue weighted by atomic mass is 9.75. The summed E-state index contributed by atoms with van der Waals surface area (Å²) in [6, 6.07) is 9.08. The summed E-state index contributed by atoms with van der Waals surface area (Å²) in [5.74, 6) is -0.280. The Hall–Kier alpha value is -1.88. The number of carbonyl (C=O) groups is 2. The lowest BCUT2D eigenvalue weighted by Gasteiger charge is -2.35. The van der Waals surface area contributed by atoms with Crippen molar-refractivity contribution < 1.29 is 14.7 Å². The van der Waals surface area contributed by atoms with Crippen LogP contribution >= 0.6 is 0 Å². The number of hydrogen-bond donors (Lipinski definition) is 2. The number of hydrogen-bond acceptors (Lipinski definition) is 3. The number of benzene rings is 1. The van der Waals surface area contributed by atoms with Crippen LogP contribution < -0.4 is 5.32 Å². The van der Waals surface area contributed by atoms with Gasteiger partial charge in [0.05, 0.1) is 12.6 Å². The summed E-state index contributed by atoms with van der Waals surface area (Å²) in [6.07, 6.45) is -0.371. The molecule has 2 N–H and O–H groups in total. The van der Waals surface area contributed by atoms with Crippen molar-refractivity contribution in [2.45, 2.75) is 45.8 Å². The summed E-state index contributed by atoms with van der Waals surface area (Å²) in [5.41, 5.74) is -0.379. The van der Waals surface area contributed by atoms with Crippen molar-refractivity contribution >= 4 is 11.9 Å². The van der Waals surface area contributed by atoms with Crippen LogP contribution in [0.25, 0.3) is 0 Å². The van der Waals surface area contributed by atoms with Crippen LogP contribution in [0, 0.1) is 5.41 Å². The number of nitrogens with one attached hydrogen (secondary N) is 1. The van der Waals surface area contributed by atoms with Crippen molar-refractivity contribution in [3.63, 3.8) is 0 Å². The molecule has 2 rings (SSSR count). The summed E-state index contributed by atoms with van der Waals surface area (Å²) in [5, 5.41) is 13.0. The average molecular weight is 304 g/mol. The number of amides is 3. The third kappa shape index (κ3) is 2.99. The number of rotatable bonds is 4. The van der Waals surface area contributed by atoms with Crippen LogP contribution in [-0.2, 0) is 11.2 Å². The number of aliphatic hydroxyl groups excluding tert-OH is 1. The molecule has 2 atom stereocenters. The number of aliphatic hydroxyl groups is 1. The Bertz CT molecular complexity index is 565. The van der Waals surface area contributed by atoms with Crippen LogP contribution in [0.1, 0.15) is 33.3 Å². The molecular formula is C17H24N2O3. The second-order valence-corrected chi connectivity index (χ2v) is 7.06. The van der Waals surface area contributed by atoms with E-state index >= 15 is 0 Å². The van der Waals surface area contributed by atoms with Crippen LogP contribution in [0.5, 0.6) is 0 Å². The van der Waals surface area contributed by atoms with Gasteiger partial charge >= 0.3 is 6.03 Å². The maximum Gasteiger partial charge on any atom is 0.325 e. The fourth-order valence-corrected chi connectivity index (χ4v) is 2.53. The van der Waals surface area contributed by atoms with E-state index < -0.39 is 23.1 Å². The number of urea groups is 1. The van der Waals surface area contributed by atoms with E-state index in [1.165, 1.54) is 0 Å². The van der Waals surface area contributed by atoms with Gasteiger partial charge < -0.3 is 10.4 Å². The first-order valence-corrected chi connectivity index (χ1v) is 7.51. The smallest absolute Gasteiger partial charge is 0.325 e. The zero-order chi connectivity index (χ0) is 16.5. The Morgan fingerprint density at radius 1 is 1.23 bits per heavy atom. The SMILES string of the molecule is CC(C)(C)C1(C)NC(=O)N(CC(O)Cc2ccccc2)C1=O. The lowest BCUT2D eigenvalue weighted by molar-refractivity contribution is -0.135. The van der Waals surface area contributed by atoms with E-state index in [9.17, 15) is 14.7 Å². The van der Waals surface area contributed by atoms with Gasteiger partial charge in [0.1, 0.15) is 5.54 Å². The van der Waals surface area contributed by atoms with Crippen LogP contribution in [0.2, 0.25) is 0 Å². The third-order valence-corrected chi connectivity index (χ3v) is 4.48. The molecule has 1 heterocycles. The largest absolute Gasteiger partial charge is 0.391 e. The second-order valence-electron chi connectivity index (χ2n) is 7.06. The van der Waals surface area contributed by atoms with E-state index in [1.807, 2.05) is 51.1 Å². The maximum atomic E-state index is 12.6. The summed E-state index contributed by atoms with van der Waals surface area (Å²) < 4.78 is 0. The third-order valence-electron chi connectivity index (χ3n) is 4.48. The van der Waals surface area contributed by atoms with Crippen LogP contribution in [-0.4, -0.2) is 40.1 Å². The van der Waals surface area contributed by atoms with Crippen molar-refractivity contribution in [3.8, 4) is 0 Å². The number of nitrogens with zero attached hydrogens (tertiary/aromatic N) is 1. The van der Waals surface area contributed by atoms with E-state index in [1.54, 1.807) is 6.92 Å². The molecule has 0 aromatic heterocycles. The highest BCUT2D eigenvalue weighted by atomic mass is 16.3. The minimum Gasteiger partial charge on any atom is -0.391 e. The van der Waals surface area contributed by atoms with Gasteiger partial charge in [0.2, 0.25) is 0 Å². The zero-order valence-electron chi connectivity index (χ0n) is 13.6. The number of β-amino-alcohol motifs (C(OH)–C–C–N with tert-alkyl or cyclic N) is 1. The molecule has 1 aliphatic heterocycles. The Morgan fingerprint density at radius 2 is 1.82 bits per heavy atom. The molecule has 5 nitrogen and oxygen atoms in total. The molecule has 2 unspecified atom stereocenters. The first-order chi connectivity index (χ1) is 10.1. The molecule has 0 radical (unpaired) electrons. The van der Waals surface area contributed by atoms with Gasteiger partial charge in [-0.15, -0.1) is 0 Å². The molecule has 0 aliphatic carbocycles. The molecule has 1 saturated heterocycles. The van der Waals surface area contributed by atoms with Crippen LogP contribution in [0.3, 0.4) is 0 Å². The number of carbonyl (C=O) groups excluding carboxylic acids is 2. The van der Waals surface area contributed by atoms with Gasteiger partial charge in [-0.3, -0.25) is 9.69 Å². The molecule has 1 aromatic carbocycles. The van der Waals surface area contributed by atoms with Crippen molar-refractivity contribution in [2.75, 3.05) is 6.54 Å². The molecule has 22 heavy (non-hydrogen) atoms. The molecule has 1 aliphatic rings. The first-order valence-electron chi connectivity index (χ1n) is 7.51. The van der Waals surface area contributed by atoms with Crippen molar-refractivity contribution in [1.29, 1.82) is 0 Å². The molecular weight excluding hydrogens is 280 g/mol. The summed E-state index contributed by atoms with van der Waals surface area (Å²) in [4.78, 5) is 25.8. The molecule has 120 valence electrons. The molecule has 5 heteroatoms. The molecule has 3 amide bonds. The minimum absolute atomic E-state index is 0.00519. The van der Waals surface area contributed by atoms with Crippen molar-refractivity contribution in [3.05, 3.63) is 35.9 Å². The topological polar surface area (TPSA) is 69.6 Å². The van der Waals surface area contributed by atoms with Gasteiger partial charge in [0.15, 0.2) is 0 Å². The molecule has 0 spiro atoms. The predicted octanol–water partition coefficient (Wildman–Crippen LogP) is 1.95. The number of imide groups is 1. The van der Waals surface area contributed by atoms with Gasteiger partial charge in [0.25, 0.3) is 5.91 Å². The van der Waals surface area contributed by atoms with Crippen molar-refractivity contribution in [2.24, 2.45) is 5.41 Å². The Kier molecular flexibility index (Phi) is 4.29. The predicted molar refractivity (Wildman–Crippen MR) is 84.3 cm³/mol. The molecule has 1 aromatic rings. The fraction of sp³-hybridized carbons (Fsp3) is 0.529. The highest BCUT2D eigenvalue weighted by Gasteiger charge is 2.54. The Morgan fingerprint density at radius 3 is 2.32 bits per heavy atom. The molecule has 0 saturated carbocycles. The van der Waals surface area contributed by atoms with E-state index in [4.69, 9.17) is 0 Å². The summed E-state index contributed by atoms with van der Waals surface area (Å²) in [6.45, 7) is 7.47. The Balaban J connectivity index is 2.07. The molecule has 1 fully saturated rings.